The Hall–Kier alpha value is -5.81. The average molecular weight is 727 g/mol. The molecule has 0 fully saturated rings. The highest BCUT2D eigenvalue weighted by molar-refractivity contribution is 7.90. The summed E-state index contributed by atoms with van der Waals surface area (Å²) < 4.78 is 66.8. The molecule has 3 aromatic carbocycles. The van der Waals surface area contributed by atoms with Gasteiger partial charge >= 0.3 is 11.9 Å². The molecule has 0 radical (unpaired) electrons. The summed E-state index contributed by atoms with van der Waals surface area (Å²) in [4.78, 5) is 40.8. The third kappa shape index (κ3) is 9.89. The van der Waals surface area contributed by atoms with Crippen LogP contribution in [0.3, 0.4) is 0 Å². The number of likely N-dealkylation sites (N-methyl/N-ethyl adjacent to an activating group) is 1. The highest BCUT2D eigenvalue weighted by Crippen LogP contribution is 2.35. The Kier molecular flexibility index (Phi) is 11.8. The molecule has 2 aromatic heterocycles. The summed E-state index contributed by atoms with van der Waals surface area (Å²) in [6, 6.07) is 20.9. The van der Waals surface area contributed by atoms with E-state index >= 15 is 0 Å². The molecule has 0 atom stereocenters. The molecule has 17 heteroatoms. The molecule has 3 N–H and O–H groups in total. The maximum absolute atomic E-state index is 13.2. The summed E-state index contributed by atoms with van der Waals surface area (Å²) in [5.74, 6) is -6.39. The van der Waals surface area contributed by atoms with Crippen molar-refractivity contribution < 1.29 is 45.8 Å². The largest absolute Gasteiger partial charge is 0.495 e. The first-order valence-electron chi connectivity index (χ1n) is 15.0. The molecule has 0 saturated heterocycles. The lowest BCUT2D eigenvalue weighted by molar-refractivity contribution is -0.161. The van der Waals surface area contributed by atoms with Gasteiger partial charge in [0.25, 0.3) is 5.95 Å². The number of fused-ring (bicyclic) bond motifs is 1. The van der Waals surface area contributed by atoms with Crippen LogP contribution in [-0.4, -0.2) is 78.8 Å². The van der Waals surface area contributed by atoms with Gasteiger partial charge in [0.05, 0.1) is 30.7 Å². The van der Waals surface area contributed by atoms with E-state index in [1.165, 1.54) is 42.3 Å². The zero-order valence-electron chi connectivity index (χ0n) is 27.7. The van der Waals surface area contributed by atoms with Crippen LogP contribution in [0.1, 0.15) is 12.5 Å². The number of carboxylic acids is 1. The highest BCUT2D eigenvalue weighted by Gasteiger charge is 2.31. The number of aromatic nitrogens is 3. The SMILES string of the molecule is CC(F)(F)C(=O)O.CNCC(=O)N(c1nc2ccc(-c3ccc(NC(=O)Cc4ccc(F)cc4)cc3)cn2n1)c1ccc(S(C)(=O)=O)cc1OC. The van der Waals surface area contributed by atoms with Gasteiger partial charge in [0.15, 0.2) is 15.5 Å². The molecule has 0 aliphatic heterocycles. The number of hydrogen-bond acceptors (Lipinski definition) is 9. The number of nitrogens with zero attached hydrogens (tertiary/aromatic N) is 4. The van der Waals surface area contributed by atoms with E-state index in [0.717, 1.165) is 17.4 Å². The van der Waals surface area contributed by atoms with Crippen LogP contribution in [0.15, 0.2) is 90.0 Å². The second kappa shape index (κ2) is 15.8. The van der Waals surface area contributed by atoms with Crippen LogP contribution in [-0.2, 0) is 30.6 Å². The van der Waals surface area contributed by atoms with E-state index in [1.807, 2.05) is 18.2 Å². The molecule has 0 bridgehead atoms. The molecule has 5 aromatic rings. The summed E-state index contributed by atoms with van der Waals surface area (Å²) in [6.45, 7) is 0.292. The fourth-order valence-electron chi connectivity index (χ4n) is 4.53. The predicted octanol–water partition coefficient (Wildman–Crippen LogP) is 4.74. The minimum Gasteiger partial charge on any atom is -0.495 e. The number of ether oxygens (including phenoxy) is 1. The number of pyridine rings is 1. The van der Waals surface area contributed by atoms with Crippen LogP contribution < -0.4 is 20.3 Å². The summed E-state index contributed by atoms with van der Waals surface area (Å²) in [5.41, 5.74) is 3.73. The van der Waals surface area contributed by atoms with Crippen molar-refractivity contribution in [2.75, 3.05) is 37.2 Å². The van der Waals surface area contributed by atoms with E-state index in [-0.39, 0.29) is 52.9 Å². The Morgan fingerprint density at radius 3 is 2.18 bits per heavy atom. The number of halogens is 3. The molecule has 0 aliphatic carbocycles. The molecule has 0 spiro atoms. The smallest absolute Gasteiger partial charge is 0.374 e. The molecule has 2 amide bonds. The standard InChI is InChI=1S/C31H29FN6O5S.C3H4F2O2/c1-33-18-30(40)38(26-14-13-25(44(3,41)42)17-27(26)43-2)31-35-28-15-8-22(19-37(28)36-31)21-6-11-24(12-7-21)34-29(39)16-20-4-9-23(32)10-5-20;1-3(4,5)2(6)7/h4-15,17,19,33H,16,18H2,1-3H3,(H,34,39);1H3,(H,6,7). The van der Waals surface area contributed by atoms with Gasteiger partial charge in [-0.3, -0.25) is 9.59 Å². The molecule has 5 rings (SSSR count). The number of methoxy groups -OCH3 is 1. The molecular formula is C34H33F3N6O7S. The number of anilines is 3. The first kappa shape index (κ1) is 38.0. The molecule has 51 heavy (non-hydrogen) atoms. The van der Waals surface area contributed by atoms with Gasteiger partial charge in [-0.15, -0.1) is 5.10 Å². The zero-order chi connectivity index (χ0) is 37.5. The number of sulfone groups is 1. The number of benzene rings is 3. The van der Waals surface area contributed by atoms with E-state index in [1.54, 1.807) is 48.1 Å². The first-order chi connectivity index (χ1) is 24.0. The number of aliphatic carboxylic acids is 1. The van der Waals surface area contributed by atoms with Crippen molar-refractivity contribution in [1.29, 1.82) is 0 Å². The van der Waals surface area contributed by atoms with Crippen molar-refractivity contribution in [2.45, 2.75) is 24.2 Å². The van der Waals surface area contributed by atoms with Gasteiger partial charge in [-0.25, -0.2) is 27.0 Å². The van der Waals surface area contributed by atoms with Crippen molar-refractivity contribution >= 4 is 50.6 Å². The maximum atomic E-state index is 13.2. The maximum Gasteiger partial charge on any atom is 0.374 e. The van der Waals surface area contributed by atoms with Crippen LogP contribution in [0, 0.1) is 5.82 Å². The minimum atomic E-state index is -3.58. The number of alkyl halides is 2. The van der Waals surface area contributed by atoms with Gasteiger partial charge in [-0.05, 0) is 66.7 Å². The summed E-state index contributed by atoms with van der Waals surface area (Å²) >= 11 is 0. The van der Waals surface area contributed by atoms with Crippen LogP contribution >= 0.6 is 0 Å². The number of nitrogens with one attached hydrogen (secondary N) is 2. The van der Waals surface area contributed by atoms with Gasteiger partial charge in [-0.2, -0.15) is 13.8 Å². The van der Waals surface area contributed by atoms with Gasteiger partial charge in [0, 0.05) is 36.7 Å². The normalized spacial score (nSPS) is 11.4. The van der Waals surface area contributed by atoms with Crippen molar-refractivity contribution in [2.24, 2.45) is 0 Å². The van der Waals surface area contributed by atoms with Crippen LogP contribution in [0.4, 0.5) is 30.5 Å². The monoisotopic (exact) mass is 726 g/mol. The van der Waals surface area contributed by atoms with Crippen molar-refractivity contribution in [1.82, 2.24) is 19.9 Å². The van der Waals surface area contributed by atoms with Crippen LogP contribution in [0.25, 0.3) is 16.8 Å². The quantitative estimate of drug-likeness (QED) is 0.173. The summed E-state index contributed by atoms with van der Waals surface area (Å²) in [7, 11) is -0.494. The molecule has 268 valence electrons. The second-order valence-corrected chi connectivity index (χ2v) is 13.1. The van der Waals surface area contributed by atoms with Crippen LogP contribution in [0.2, 0.25) is 0 Å². The lowest BCUT2D eigenvalue weighted by Crippen LogP contribution is -2.34. The fraction of sp³-hybridized carbons (Fsp3) is 0.206. The average Bonchev–Trinajstić information content (AvgIpc) is 3.48. The highest BCUT2D eigenvalue weighted by atomic mass is 32.2. The Morgan fingerprint density at radius 2 is 1.61 bits per heavy atom. The minimum absolute atomic E-state index is 0.0371. The third-order valence-electron chi connectivity index (χ3n) is 7.07. The van der Waals surface area contributed by atoms with Crippen molar-refractivity contribution in [3.05, 3.63) is 96.4 Å². The zero-order valence-corrected chi connectivity index (χ0v) is 28.5. The number of carboxylic acid groups (broad SMARTS) is 1. The van der Waals surface area contributed by atoms with Gasteiger partial charge in [0.2, 0.25) is 11.8 Å². The van der Waals surface area contributed by atoms with E-state index in [2.05, 4.69) is 20.7 Å². The van der Waals surface area contributed by atoms with E-state index in [4.69, 9.17) is 9.84 Å². The van der Waals surface area contributed by atoms with E-state index in [0.29, 0.717) is 23.8 Å². The van der Waals surface area contributed by atoms with Crippen molar-refractivity contribution in [3.8, 4) is 16.9 Å². The summed E-state index contributed by atoms with van der Waals surface area (Å²) in [5, 5.41) is 17.7. The first-order valence-corrected chi connectivity index (χ1v) is 16.9. The molecule has 0 aliphatic rings. The molecule has 2 heterocycles. The Bertz CT molecular complexity index is 2150. The van der Waals surface area contributed by atoms with Gasteiger partial charge in [0.1, 0.15) is 11.6 Å². The second-order valence-electron chi connectivity index (χ2n) is 11.1. The number of carbonyl (C=O) groups is 3. The number of carbonyl (C=O) groups excluding carboxylic acids is 2. The van der Waals surface area contributed by atoms with Crippen LogP contribution in [0.5, 0.6) is 5.75 Å². The number of rotatable bonds is 11. The topological polar surface area (TPSA) is 172 Å². The molecule has 0 unspecified atom stereocenters. The van der Waals surface area contributed by atoms with Gasteiger partial charge < -0.3 is 20.5 Å². The predicted molar refractivity (Wildman–Crippen MR) is 183 cm³/mol. The van der Waals surface area contributed by atoms with Gasteiger partial charge in [-0.1, -0.05) is 24.3 Å². The molecule has 0 saturated carbocycles. The lowest BCUT2D eigenvalue weighted by Gasteiger charge is -2.21. The molecular weight excluding hydrogens is 693 g/mol. The Morgan fingerprint density at radius 1 is 0.980 bits per heavy atom. The fourth-order valence-corrected chi connectivity index (χ4v) is 5.17. The number of amides is 2. The Balaban J connectivity index is 0.000000755. The number of hydrogen-bond donors (Lipinski definition) is 3. The lowest BCUT2D eigenvalue weighted by atomic mass is 10.1. The third-order valence-corrected chi connectivity index (χ3v) is 8.18. The van der Waals surface area contributed by atoms with Crippen molar-refractivity contribution in [3.63, 3.8) is 0 Å². The summed E-state index contributed by atoms with van der Waals surface area (Å²) in [6.07, 6.45) is 2.97. The van der Waals surface area contributed by atoms with E-state index < -0.39 is 21.7 Å². The molecule has 13 nitrogen and oxygen atoms in total. The van der Waals surface area contributed by atoms with E-state index in [9.17, 15) is 36.0 Å². The Labute approximate surface area is 290 Å².